The Bertz CT molecular complexity index is 57.4. The zero-order valence-electron chi connectivity index (χ0n) is 3.81. The summed E-state index contributed by atoms with van der Waals surface area (Å²) in [4.78, 5) is 25.6. The largest absolute Gasteiger partial charge is 0.822 e. The van der Waals surface area contributed by atoms with Crippen molar-refractivity contribution in [1.82, 2.24) is 0 Å². The van der Waals surface area contributed by atoms with Crippen LogP contribution in [0.1, 0.15) is 0 Å². The normalized spacial score (nSPS) is 7.38. The summed E-state index contributed by atoms with van der Waals surface area (Å²) in [7, 11) is -5.39. The Morgan fingerprint density at radius 2 is 0.875 bits per heavy atom. The van der Waals surface area contributed by atoms with Crippen LogP contribution in [0.15, 0.2) is 0 Å². The molecule has 0 N–H and O–H groups in total. The number of hydrogen-bond acceptors (Lipinski definition) is 4. The summed E-state index contributed by atoms with van der Waals surface area (Å²) in [5, 5.41) is 0. The van der Waals surface area contributed by atoms with Gasteiger partial charge in [-0.25, -0.2) is 0 Å². The first-order chi connectivity index (χ1) is 2.00. The molecule has 0 bridgehead atoms. The van der Waals surface area contributed by atoms with Gasteiger partial charge in [0.25, 0.3) is 0 Å². The SMILES string of the molecule is O=P([O-])([O-])[O-].[SH3+].[SH3+].[SH3+]. The molecule has 0 heterocycles. The summed E-state index contributed by atoms with van der Waals surface area (Å²) >= 11 is 0. The summed E-state index contributed by atoms with van der Waals surface area (Å²) in [6, 6.07) is 0. The number of phosphoric acid groups is 1. The van der Waals surface area contributed by atoms with Gasteiger partial charge in [-0.1, -0.05) is 40.5 Å². The van der Waals surface area contributed by atoms with Crippen LogP contribution in [-0.4, -0.2) is 0 Å². The summed E-state index contributed by atoms with van der Waals surface area (Å²) in [5.41, 5.74) is 0. The number of rotatable bonds is 0. The average Bonchev–Trinajstić information content (AvgIpc) is 0.722. The van der Waals surface area contributed by atoms with E-state index in [9.17, 15) is 0 Å². The van der Waals surface area contributed by atoms with Gasteiger partial charge < -0.3 is 19.2 Å². The van der Waals surface area contributed by atoms with Crippen molar-refractivity contribution in [2.75, 3.05) is 0 Å². The molecule has 56 valence electrons. The minimum Gasteiger partial charge on any atom is -0.822 e. The minimum absolute atomic E-state index is 0. The Labute approximate surface area is 67.9 Å². The fraction of sp³-hybridized carbons (Fsp3) is 0. The van der Waals surface area contributed by atoms with E-state index in [2.05, 4.69) is 0 Å². The van der Waals surface area contributed by atoms with Crippen molar-refractivity contribution >= 4 is 48.3 Å². The molecule has 0 unspecified atom stereocenters. The maximum atomic E-state index is 8.55. The molecule has 0 aromatic rings. The molecule has 0 saturated carbocycles. The van der Waals surface area contributed by atoms with Crippen molar-refractivity contribution < 1.29 is 19.2 Å². The van der Waals surface area contributed by atoms with Crippen LogP contribution < -0.4 is 14.7 Å². The molecule has 0 atom stereocenters. The van der Waals surface area contributed by atoms with Gasteiger partial charge in [0.2, 0.25) is 0 Å². The molecule has 0 saturated heterocycles. The van der Waals surface area contributed by atoms with Crippen LogP contribution >= 0.6 is 7.82 Å². The van der Waals surface area contributed by atoms with E-state index in [1.165, 1.54) is 0 Å². The van der Waals surface area contributed by atoms with Gasteiger partial charge in [-0.15, -0.1) is 0 Å². The van der Waals surface area contributed by atoms with Gasteiger partial charge in [-0.3, -0.25) is 0 Å². The quantitative estimate of drug-likeness (QED) is 0.289. The van der Waals surface area contributed by atoms with Crippen LogP contribution in [0, 0.1) is 0 Å². The zero-order valence-corrected chi connectivity index (χ0v) is 8.17. The summed E-state index contributed by atoms with van der Waals surface area (Å²) < 4.78 is 8.55. The second-order valence-electron chi connectivity index (χ2n) is 0.447. The first kappa shape index (κ1) is 22.9. The molecule has 0 aromatic carbocycles. The average molecular weight is 200 g/mol. The Morgan fingerprint density at radius 3 is 0.875 bits per heavy atom. The van der Waals surface area contributed by atoms with Crippen LogP contribution in [0.3, 0.4) is 0 Å². The van der Waals surface area contributed by atoms with Gasteiger partial charge in [0.15, 0.2) is 0 Å². The van der Waals surface area contributed by atoms with E-state index in [0.717, 1.165) is 0 Å². The molecule has 0 spiro atoms. The molecular weight excluding hydrogens is 191 g/mol. The Kier molecular flexibility index (Phi) is 23.4. The molecule has 0 radical (unpaired) electrons. The lowest BCUT2D eigenvalue weighted by molar-refractivity contribution is -0.432. The van der Waals surface area contributed by atoms with Gasteiger partial charge in [-0.2, -0.15) is 7.82 Å². The predicted octanol–water partition coefficient (Wildman–Crippen LogP) is -5.24. The molecule has 4 nitrogen and oxygen atoms in total. The van der Waals surface area contributed by atoms with Crippen LogP contribution in [-0.2, 0) is 45.1 Å². The maximum Gasteiger partial charge on any atom is -0.0576 e. The summed E-state index contributed by atoms with van der Waals surface area (Å²) in [6.07, 6.45) is 0. The maximum absolute atomic E-state index is 8.55. The highest BCUT2D eigenvalue weighted by Gasteiger charge is 1.44. The monoisotopic (exact) mass is 200 g/mol. The van der Waals surface area contributed by atoms with E-state index in [-0.39, 0.29) is 40.5 Å². The van der Waals surface area contributed by atoms with Crippen LogP contribution in [0.25, 0.3) is 0 Å². The standard InChI is InChI=1S/H3O4P.3H2S/c1-5(2,3)4;;;/h(H3,1,2,3,4);3*1H2. The van der Waals surface area contributed by atoms with Gasteiger partial charge in [0.1, 0.15) is 0 Å². The summed E-state index contributed by atoms with van der Waals surface area (Å²) in [6.45, 7) is 0. The molecule has 0 aliphatic carbocycles. The van der Waals surface area contributed by atoms with Crippen LogP contribution in [0.4, 0.5) is 0 Å². The smallest absolute Gasteiger partial charge is 0.0576 e. The molecule has 8 heavy (non-hydrogen) atoms. The predicted molar refractivity (Wildman–Crippen MR) is 42.3 cm³/mol. The van der Waals surface area contributed by atoms with Crippen molar-refractivity contribution in [2.45, 2.75) is 0 Å². The van der Waals surface area contributed by atoms with Crippen molar-refractivity contribution in [3.8, 4) is 0 Å². The molecule has 0 amide bonds. The number of hydrogen-bond donors (Lipinski definition) is 0. The second-order valence-corrected chi connectivity index (χ2v) is 1.34. The third kappa shape index (κ3) is 202. The second kappa shape index (κ2) is 8.16. The molecule has 0 aromatic heterocycles. The van der Waals surface area contributed by atoms with E-state index in [1.807, 2.05) is 0 Å². The Hall–Kier alpha value is 1.16. The zero-order chi connectivity index (χ0) is 4.50. The first-order valence-electron chi connectivity index (χ1n) is 0.730. The summed E-state index contributed by atoms with van der Waals surface area (Å²) in [5.74, 6) is 0. The molecule has 8 heteroatoms. The molecule has 0 aliphatic heterocycles. The van der Waals surface area contributed by atoms with Crippen molar-refractivity contribution in [3.05, 3.63) is 0 Å². The fourth-order valence-corrected chi connectivity index (χ4v) is 0. The third-order valence-electron chi connectivity index (χ3n) is 0. The third-order valence-corrected chi connectivity index (χ3v) is 0. The van der Waals surface area contributed by atoms with E-state index < -0.39 is 7.82 Å². The minimum atomic E-state index is -5.39. The molecule has 0 aliphatic rings. The fourth-order valence-electron chi connectivity index (χ4n) is 0. The highest BCUT2D eigenvalue weighted by atomic mass is 32.1. The van der Waals surface area contributed by atoms with Crippen molar-refractivity contribution in [1.29, 1.82) is 0 Å². The van der Waals surface area contributed by atoms with E-state index in [4.69, 9.17) is 19.2 Å². The van der Waals surface area contributed by atoms with E-state index in [1.54, 1.807) is 0 Å². The van der Waals surface area contributed by atoms with Crippen LogP contribution in [0.2, 0.25) is 0 Å². The van der Waals surface area contributed by atoms with Crippen molar-refractivity contribution in [3.63, 3.8) is 0 Å². The van der Waals surface area contributed by atoms with Gasteiger partial charge in [0, 0.05) is 0 Å². The van der Waals surface area contributed by atoms with Gasteiger partial charge >= 0.3 is 0 Å². The highest BCUT2D eigenvalue weighted by Crippen LogP contribution is 2.03. The molecular formula is H9O4PS3. The molecule has 0 rings (SSSR count). The van der Waals surface area contributed by atoms with Crippen molar-refractivity contribution in [2.24, 2.45) is 0 Å². The highest BCUT2D eigenvalue weighted by molar-refractivity contribution is 7.40. The van der Waals surface area contributed by atoms with Crippen LogP contribution in [0.5, 0.6) is 0 Å². The molecule has 0 fully saturated rings. The van der Waals surface area contributed by atoms with E-state index in [0.29, 0.717) is 0 Å². The Balaban J connectivity index is -0.0000000267. The lowest BCUT2D eigenvalue weighted by Crippen LogP contribution is -2.24. The lowest BCUT2D eigenvalue weighted by atomic mass is 15.8. The topological polar surface area (TPSA) is 86.2 Å². The van der Waals surface area contributed by atoms with Gasteiger partial charge in [-0.05, 0) is 0 Å². The van der Waals surface area contributed by atoms with Gasteiger partial charge in [0.05, 0.1) is 0 Å². The first-order valence-corrected chi connectivity index (χ1v) is 2.19. The lowest BCUT2D eigenvalue weighted by Gasteiger charge is -2.36. The Morgan fingerprint density at radius 1 is 0.875 bits per heavy atom. The van der Waals surface area contributed by atoms with E-state index >= 15 is 0 Å².